The van der Waals surface area contributed by atoms with Gasteiger partial charge in [-0.3, -0.25) is 0 Å². The molecule has 110 valence electrons. The molecule has 0 amide bonds. The molecule has 5 heteroatoms. The number of nitrogens with zero attached hydrogens (tertiary/aromatic N) is 2. The van der Waals surface area contributed by atoms with Crippen LogP contribution in [0.1, 0.15) is 12.5 Å². The first kappa shape index (κ1) is 16.4. The Morgan fingerprint density at radius 2 is 2.15 bits per heavy atom. The average Bonchev–Trinajstić information content (AvgIpc) is 2.45. The van der Waals surface area contributed by atoms with Crippen molar-refractivity contribution in [3.63, 3.8) is 0 Å². The van der Waals surface area contributed by atoms with E-state index in [9.17, 15) is 5.11 Å². The van der Waals surface area contributed by atoms with Gasteiger partial charge in [-0.2, -0.15) is 5.26 Å². The molecule has 5 nitrogen and oxygen atoms in total. The fourth-order valence-corrected chi connectivity index (χ4v) is 1.74. The van der Waals surface area contributed by atoms with E-state index >= 15 is 0 Å². The number of benzene rings is 1. The molecule has 0 radical (unpaired) electrons. The zero-order chi connectivity index (χ0) is 14.8. The minimum atomic E-state index is -0.603. The van der Waals surface area contributed by atoms with Gasteiger partial charge >= 0.3 is 0 Å². The minimum absolute atomic E-state index is 0.164. The van der Waals surface area contributed by atoms with Crippen LogP contribution in [0.15, 0.2) is 24.3 Å². The third-order valence-corrected chi connectivity index (χ3v) is 2.78. The third-order valence-electron chi connectivity index (χ3n) is 2.78. The molecule has 0 aliphatic heterocycles. The van der Waals surface area contributed by atoms with Crippen LogP contribution >= 0.6 is 0 Å². The van der Waals surface area contributed by atoms with Gasteiger partial charge in [0.1, 0.15) is 24.5 Å². The molecular formula is C15H22N2O3. The van der Waals surface area contributed by atoms with Crippen LogP contribution in [0.25, 0.3) is 0 Å². The molecule has 1 atom stereocenters. The van der Waals surface area contributed by atoms with Crippen molar-refractivity contribution in [1.29, 1.82) is 5.26 Å². The molecule has 0 fully saturated rings. The first-order valence-electron chi connectivity index (χ1n) is 6.73. The summed E-state index contributed by atoms with van der Waals surface area (Å²) in [6, 6.07) is 9.06. The number of nitriles is 1. The van der Waals surface area contributed by atoms with Gasteiger partial charge in [0.2, 0.25) is 0 Å². The summed E-state index contributed by atoms with van der Waals surface area (Å²) < 4.78 is 10.7. The minimum Gasteiger partial charge on any atom is -0.489 e. The SMILES string of the molecule is CCOCCN(C)CC(O)COc1ccccc1C#N. The van der Waals surface area contributed by atoms with Crippen molar-refractivity contribution in [2.45, 2.75) is 13.0 Å². The Hall–Kier alpha value is -1.61. The van der Waals surface area contributed by atoms with Crippen LogP contribution in [0.2, 0.25) is 0 Å². The Kier molecular flexibility index (Phi) is 7.66. The van der Waals surface area contributed by atoms with E-state index in [4.69, 9.17) is 14.7 Å². The second kappa shape index (κ2) is 9.32. The number of hydrogen-bond acceptors (Lipinski definition) is 5. The molecule has 1 N–H and O–H groups in total. The highest BCUT2D eigenvalue weighted by atomic mass is 16.5. The van der Waals surface area contributed by atoms with Crippen molar-refractivity contribution in [3.05, 3.63) is 29.8 Å². The van der Waals surface area contributed by atoms with Crippen LogP contribution in [-0.2, 0) is 4.74 Å². The van der Waals surface area contributed by atoms with E-state index in [1.807, 2.05) is 18.9 Å². The monoisotopic (exact) mass is 278 g/mol. The van der Waals surface area contributed by atoms with Gasteiger partial charge in [-0.1, -0.05) is 12.1 Å². The first-order chi connectivity index (χ1) is 9.67. The number of para-hydroxylation sites is 1. The lowest BCUT2D eigenvalue weighted by Gasteiger charge is -2.20. The van der Waals surface area contributed by atoms with Crippen LogP contribution in [0.5, 0.6) is 5.75 Å². The quantitative estimate of drug-likeness (QED) is 0.689. The lowest BCUT2D eigenvalue weighted by atomic mass is 10.2. The molecule has 1 rings (SSSR count). The van der Waals surface area contributed by atoms with Gasteiger partial charge in [0.05, 0.1) is 12.2 Å². The molecule has 0 bridgehead atoms. The largest absolute Gasteiger partial charge is 0.489 e. The summed E-state index contributed by atoms with van der Waals surface area (Å²) in [7, 11) is 1.92. The van der Waals surface area contributed by atoms with Gasteiger partial charge in [0.25, 0.3) is 0 Å². The second-order valence-corrected chi connectivity index (χ2v) is 4.53. The average molecular weight is 278 g/mol. The lowest BCUT2D eigenvalue weighted by molar-refractivity contribution is 0.0613. The molecule has 0 heterocycles. The molecule has 0 aromatic heterocycles. The summed E-state index contributed by atoms with van der Waals surface area (Å²) in [5.41, 5.74) is 0.476. The highest BCUT2D eigenvalue weighted by molar-refractivity contribution is 5.42. The molecule has 0 spiro atoms. The number of hydrogen-bond donors (Lipinski definition) is 1. The maximum atomic E-state index is 9.91. The normalized spacial score (nSPS) is 12.2. The lowest BCUT2D eigenvalue weighted by Crippen LogP contribution is -2.35. The van der Waals surface area contributed by atoms with Gasteiger partial charge in [0, 0.05) is 19.7 Å². The summed E-state index contributed by atoms with van der Waals surface area (Å²) in [6.45, 7) is 4.73. The van der Waals surface area contributed by atoms with E-state index in [-0.39, 0.29) is 6.61 Å². The fraction of sp³-hybridized carbons (Fsp3) is 0.533. The van der Waals surface area contributed by atoms with Crippen molar-refractivity contribution >= 4 is 0 Å². The number of aliphatic hydroxyl groups excluding tert-OH is 1. The third kappa shape index (κ3) is 6.02. The maximum absolute atomic E-state index is 9.91. The Balaban J connectivity index is 2.32. The first-order valence-corrected chi connectivity index (χ1v) is 6.73. The molecule has 0 aliphatic rings. The topological polar surface area (TPSA) is 65.7 Å². The zero-order valence-electron chi connectivity index (χ0n) is 12.1. The maximum Gasteiger partial charge on any atom is 0.137 e. The van der Waals surface area contributed by atoms with Crippen LogP contribution in [0.3, 0.4) is 0 Å². The summed E-state index contributed by atoms with van der Waals surface area (Å²) >= 11 is 0. The summed E-state index contributed by atoms with van der Waals surface area (Å²) in [4.78, 5) is 1.99. The van der Waals surface area contributed by atoms with Gasteiger partial charge in [0.15, 0.2) is 0 Å². The Morgan fingerprint density at radius 3 is 2.85 bits per heavy atom. The van der Waals surface area contributed by atoms with E-state index in [2.05, 4.69) is 6.07 Å². The summed E-state index contributed by atoms with van der Waals surface area (Å²) in [6.07, 6.45) is -0.603. The highest BCUT2D eigenvalue weighted by Crippen LogP contribution is 2.16. The zero-order valence-corrected chi connectivity index (χ0v) is 12.1. The van der Waals surface area contributed by atoms with Gasteiger partial charge in [-0.05, 0) is 26.1 Å². The Labute approximate surface area is 120 Å². The Bertz CT molecular complexity index is 431. The van der Waals surface area contributed by atoms with E-state index in [1.54, 1.807) is 24.3 Å². The molecule has 1 unspecified atom stereocenters. The van der Waals surface area contributed by atoms with Gasteiger partial charge < -0.3 is 19.5 Å². The van der Waals surface area contributed by atoms with Gasteiger partial charge in [-0.25, -0.2) is 0 Å². The summed E-state index contributed by atoms with van der Waals surface area (Å²) in [5, 5.41) is 18.8. The van der Waals surface area contributed by atoms with E-state index in [1.165, 1.54) is 0 Å². The van der Waals surface area contributed by atoms with Gasteiger partial charge in [-0.15, -0.1) is 0 Å². The fourth-order valence-electron chi connectivity index (χ4n) is 1.74. The molecule has 1 aromatic rings. The smallest absolute Gasteiger partial charge is 0.137 e. The van der Waals surface area contributed by atoms with Crippen molar-refractivity contribution in [2.75, 3.05) is 40.0 Å². The van der Waals surface area contributed by atoms with Crippen molar-refractivity contribution < 1.29 is 14.6 Å². The van der Waals surface area contributed by atoms with E-state index in [0.29, 0.717) is 31.1 Å². The molecule has 0 saturated carbocycles. The number of rotatable bonds is 9. The second-order valence-electron chi connectivity index (χ2n) is 4.53. The number of aliphatic hydroxyl groups is 1. The molecule has 1 aromatic carbocycles. The molecule has 0 saturated heterocycles. The van der Waals surface area contributed by atoms with E-state index in [0.717, 1.165) is 6.54 Å². The van der Waals surface area contributed by atoms with Crippen LogP contribution in [-0.4, -0.2) is 56.1 Å². The van der Waals surface area contributed by atoms with E-state index < -0.39 is 6.10 Å². The number of likely N-dealkylation sites (N-methyl/N-ethyl adjacent to an activating group) is 1. The molecular weight excluding hydrogens is 256 g/mol. The van der Waals surface area contributed by atoms with Crippen molar-refractivity contribution in [2.24, 2.45) is 0 Å². The Morgan fingerprint density at radius 1 is 1.40 bits per heavy atom. The highest BCUT2D eigenvalue weighted by Gasteiger charge is 2.10. The molecule has 20 heavy (non-hydrogen) atoms. The van der Waals surface area contributed by atoms with Crippen LogP contribution in [0.4, 0.5) is 0 Å². The predicted molar refractivity (Wildman–Crippen MR) is 76.6 cm³/mol. The number of ether oxygens (including phenoxy) is 2. The predicted octanol–water partition coefficient (Wildman–Crippen LogP) is 1.27. The van der Waals surface area contributed by atoms with Crippen molar-refractivity contribution in [3.8, 4) is 11.8 Å². The van der Waals surface area contributed by atoms with Crippen LogP contribution < -0.4 is 4.74 Å². The standard InChI is InChI=1S/C15H22N2O3/c1-3-19-9-8-17(2)11-14(18)12-20-15-7-5-4-6-13(15)10-16/h4-7,14,18H,3,8-9,11-12H2,1-2H3. The molecule has 0 aliphatic carbocycles. The van der Waals surface area contributed by atoms with Crippen LogP contribution in [0, 0.1) is 11.3 Å². The summed E-state index contributed by atoms with van der Waals surface area (Å²) in [5.74, 6) is 0.506. The van der Waals surface area contributed by atoms with Crippen molar-refractivity contribution in [1.82, 2.24) is 4.90 Å².